The minimum absolute atomic E-state index is 0.000443. The molecule has 8 nitrogen and oxygen atoms in total. The normalized spacial score (nSPS) is 11.1. The lowest BCUT2D eigenvalue weighted by Gasteiger charge is -2.06. The molecule has 128 valence electrons. The fraction of sp³-hybridized carbons (Fsp3) is 0.125. The Morgan fingerprint density at radius 2 is 2.24 bits per heavy atom. The fourth-order valence-corrected chi connectivity index (χ4v) is 2.67. The molecule has 1 heterocycles. The number of carbonyl (C=O) groups excluding carboxylic acids is 1. The molecule has 1 aromatic heterocycles. The summed E-state index contributed by atoms with van der Waals surface area (Å²) in [4.78, 5) is 12.0. The highest BCUT2D eigenvalue weighted by Gasteiger charge is 2.09. The molecular weight excluding hydrogens is 390 g/mol. The molecule has 0 radical (unpaired) electrons. The Morgan fingerprint density at radius 1 is 1.44 bits per heavy atom. The molecule has 2 aromatic carbocycles. The van der Waals surface area contributed by atoms with Crippen molar-refractivity contribution in [2.75, 3.05) is 7.11 Å². The van der Waals surface area contributed by atoms with Crippen LogP contribution in [0, 0.1) is 0 Å². The van der Waals surface area contributed by atoms with Crippen molar-refractivity contribution in [3.8, 4) is 11.5 Å². The van der Waals surface area contributed by atoms with Crippen molar-refractivity contribution >= 4 is 39.1 Å². The van der Waals surface area contributed by atoms with Gasteiger partial charge in [-0.25, -0.2) is 10.1 Å². The fourth-order valence-electron chi connectivity index (χ4n) is 2.21. The van der Waals surface area contributed by atoms with E-state index in [0.717, 1.165) is 11.0 Å². The smallest absolute Gasteiger partial charge is 0.261 e. The zero-order chi connectivity index (χ0) is 17.8. The van der Waals surface area contributed by atoms with Crippen molar-refractivity contribution in [1.82, 2.24) is 20.4 Å². The summed E-state index contributed by atoms with van der Waals surface area (Å²) >= 11 is 3.22. The molecule has 25 heavy (non-hydrogen) atoms. The molecular formula is C16H14BrN5O3. The summed E-state index contributed by atoms with van der Waals surface area (Å²) in [6.07, 6.45) is 1.45. The minimum atomic E-state index is -0.336. The number of methoxy groups -OCH3 is 1. The number of rotatable bonds is 5. The first-order valence-corrected chi connectivity index (χ1v) is 8.04. The van der Waals surface area contributed by atoms with E-state index < -0.39 is 0 Å². The second-order valence-corrected chi connectivity index (χ2v) is 5.94. The van der Waals surface area contributed by atoms with E-state index in [1.807, 2.05) is 24.3 Å². The predicted octanol–water partition coefficient (Wildman–Crippen LogP) is 2.06. The number of amides is 1. The van der Waals surface area contributed by atoms with E-state index in [1.165, 1.54) is 18.0 Å². The van der Waals surface area contributed by atoms with E-state index in [1.54, 1.807) is 12.1 Å². The summed E-state index contributed by atoms with van der Waals surface area (Å²) in [5.41, 5.74) is 4.57. The number of hydrogen-bond acceptors (Lipinski definition) is 6. The van der Waals surface area contributed by atoms with Crippen LogP contribution in [0.2, 0.25) is 0 Å². The maximum absolute atomic E-state index is 12.0. The van der Waals surface area contributed by atoms with E-state index in [9.17, 15) is 9.90 Å². The van der Waals surface area contributed by atoms with E-state index in [4.69, 9.17) is 4.74 Å². The summed E-state index contributed by atoms with van der Waals surface area (Å²) in [6.45, 7) is 0.000443. The van der Waals surface area contributed by atoms with Gasteiger partial charge in [0.15, 0.2) is 11.5 Å². The van der Waals surface area contributed by atoms with E-state index in [0.29, 0.717) is 15.8 Å². The van der Waals surface area contributed by atoms with Gasteiger partial charge in [0.25, 0.3) is 5.91 Å². The third-order valence-corrected chi connectivity index (χ3v) is 3.99. The van der Waals surface area contributed by atoms with Crippen molar-refractivity contribution in [2.45, 2.75) is 6.54 Å². The Hall–Kier alpha value is -2.94. The predicted molar refractivity (Wildman–Crippen MR) is 95.6 cm³/mol. The molecule has 0 saturated carbocycles. The number of aromatic nitrogens is 3. The van der Waals surface area contributed by atoms with Crippen molar-refractivity contribution in [3.63, 3.8) is 0 Å². The maximum Gasteiger partial charge on any atom is 0.261 e. The highest BCUT2D eigenvalue weighted by molar-refractivity contribution is 9.10. The molecule has 0 spiro atoms. The summed E-state index contributed by atoms with van der Waals surface area (Å²) < 4.78 is 7.02. The van der Waals surface area contributed by atoms with Crippen LogP contribution in [0.15, 0.2) is 46.0 Å². The highest BCUT2D eigenvalue weighted by Crippen LogP contribution is 2.34. The molecule has 0 aliphatic rings. The van der Waals surface area contributed by atoms with E-state index in [-0.39, 0.29) is 18.2 Å². The SMILES string of the molecule is COc1cc(/C=N\NC(=O)Cn2nnc3ccccc32)cc(Br)c1O. The van der Waals surface area contributed by atoms with Gasteiger partial charge in [-0.2, -0.15) is 5.10 Å². The first kappa shape index (κ1) is 16.9. The molecule has 3 aromatic rings. The third kappa shape index (κ3) is 3.77. The number of nitrogens with one attached hydrogen (secondary N) is 1. The molecule has 0 fully saturated rings. The quantitative estimate of drug-likeness (QED) is 0.501. The van der Waals surface area contributed by atoms with Crippen molar-refractivity contribution in [1.29, 1.82) is 0 Å². The van der Waals surface area contributed by atoms with Crippen LogP contribution in [-0.2, 0) is 11.3 Å². The zero-order valence-electron chi connectivity index (χ0n) is 13.2. The van der Waals surface area contributed by atoms with Crippen LogP contribution in [0.1, 0.15) is 5.56 Å². The molecule has 9 heteroatoms. The van der Waals surface area contributed by atoms with Gasteiger partial charge in [-0.05, 0) is 45.8 Å². The van der Waals surface area contributed by atoms with E-state index in [2.05, 4.69) is 36.8 Å². The van der Waals surface area contributed by atoms with Crippen LogP contribution in [0.5, 0.6) is 11.5 Å². The van der Waals surface area contributed by atoms with Crippen LogP contribution >= 0.6 is 15.9 Å². The summed E-state index contributed by atoms with van der Waals surface area (Å²) in [5, 5.41) is 21.6. The second kappa shape index (κ2) is 7.31. The average Bonchev–Trinajstić information content (AvgIpc) is 3.01. The van der Waals surface area contributed by atoms with Gasteiger partial charge in [-0.1, -0.05) is 17.3 Å². The number of benzene rings is 2. The van der Waals surface area contributed by atoms with Crippen LogP contribution < -0.4 is 10.2 Å². The topological polar surface area (TPSA) is 102 Å². The number of hydrazone groups is 1. The van der Waals surface area contributed by atoms with Crippen LogP contribution in [0.3, 0.4) is 0 Å². The van der Waals surface area contributed by atoms with Crippen LogP contribution in [0.25, 0.3) is 11.0 Å². The molecule has 2 N–H and O–H groups in total. The standard InChI is InChI=1S/C16H14BrN5O3/c1-25-14-7-10(6-11(17)16(14)24)8-18-20-15(23)9-22-13-5-3-2-4-12(13)19-21-22/h2-8,24H,9H2,1H3,(H,20,23)/b18-8-. The molecule has 0 bridgehead atoms. The number of para-hydroxylation sites is 1. The molecule has 0 saturated heterocycles. The van der Waals surface area contributed by atoms with Crippen molar-refractivity contribution < 1.29 is 14.6 Å². The average molecular weight is 404 g/mol. The van der Waals surface area contributed by atoms with Crippen molar-refractivity contribution in [2.24, 2.45) is 5.10 Å². The number of halogens is 1. The number of fused-ring (bicyclic) bond motifs is 1. The molecule has 0 atom stereocenters. The molecule has 0 aliphatic carbocycles. The number of ether oxygens (including phenoxy) is 1. The van der Waals surface area contributed by atoms with Crippen molar-refractivity contribution in [3.05, 3.63) is 46.4 Å². The minimum Gasteiger partial charge on any atom is -0.503 e. The Balaban J connectivity index is 1.66. The summed E-state index contributed by atoms with van der Waals surface area (Å²) in [6, 6.07) is 10.6. The molecule has 0 unspecified atom stereocenters. The Kier molecular flexibility index (Phi) is 4.94. The highest BCUT2D eigenvalue weighted by atomic mass is 79.9. The lowest BCUT2D eigenvalue weighted by Crippen LogP contribution is -2.23. The number of hydrogen-bond donors (Lipinski definition) is 2. The van der Waals surface area contributed by atoms with Gasteiger partial charge < -0.3 is 9.84 Å². The van der Waals surface area contributed by atoms with Gasteiger partial charge in [0, 0.05) is 0 Å². The van der Waals surface area contributed by atoms with Gasteiger partial charge in [-0.3, -0.25) is 4.79 Å². The van der Waals surface area contributed by atoms with Gasteiger partial charge >= 0.3 is 0 Å². The monoisotopic (exact) mass is 403 g/mol. The Bertz CT molecular complexity index is 954. The Labute approximate surface area is 151 Å². The number of phenolic OH excluding ortho intramolecular Hbond substituents is 1. The Morgan fingerprint density at radius 3 is 3.04 bits per heavy atom. The van der Waals surface area contributed by atoms with Gasteiger partial charge in [0.05, 0.1) is 23.3 Å². The maximum atomic E-state index is 12.0. The number of aromatic hydroxyl groups is 1. The first-order chi connectivity index (χ1) is 12.1. The lowest BCUT2D eigenvalue weighted by molar-refractivity contribution is -0.121. The molecule has 0 aliphatic heterocycles. The number of carbonyl (C=O) groups is 1. The van der Waals surface area contributed by atoms with Gasteiger partial charge in [0.2, 0.25) is 0 Å². The molecule has 3 rings (SSSR count). The van der Waals surface area contributed by atoms with E-state index >= 15 is 0 Å². The number of nitrogens with zero attached hydrogens (tertiary/aromatic N) is 4. The first-order valence-electron chi connectivity index (χ1n) is 7.25. The number of phenols is 1. The van der Waals surface area contributed by atoms with Crippen LogP contribution in [-0.4, -0.2) is 39.3 Å². The summed E-state index contributed by atoms with van der Waals surface area (Å²) in [5.74, 6) is -0.0327. The van der Waals surface area contributed by atoms with Gasteiger partial charge in [0.1, 0.15) is 12.1 Å². The zero-order valence-corrected chi connectivity index (χ0v) is 14.8. The largest absolute Gasteiger partial charge is 0.503 e. The third-order valence-electron chi connectivity index (χ3n) is 3.39. The lowest BCUT2D eigenvalue weighted by atomic mass is 10.2. The van der Waals surface area contributed by atoms with Gasteiger partial charge in [-0.15, -0.1) is 5.10 Å². The molecule has 1 amide bonds. The van der Waals surface area contributed by atoms with Crippen LogP contribution in [0.4, 0.5) is 0 Å². The summed E-state index contributed by atoms with van der Waals surface area (Å²) in [7, 11) is 1.45. The second-order valence-electron chi connectivity index (χ2n) is 5.08.